The standard InChI is InChI=1S/C16H14N4O3/c1-9(21)23-13-6-12(22)14-15(13)18-8-19-16(14)20-11-4-2-10(7-17)3-5-11/h2-5,8,12-13,22H,6H2,1H3,(H,18,19,20). The van der Waals surface area contributed by atoms with Crippen LogP contribution in [0.1, 0.15) is 42.4 Å². The number of aromatic nitrogens is 2. The van der Waals surface area contributed by atoms with Crippen molar-refractivity contribution in [1.82, 2.24) is 9.97 Å². The van der Waals surface area contributed by atoms with E-state index in [0.717, 1.165) is 5.69 Å². The van der Waals surface area contributed by atoms with Gasteiger partial charge in [0.2, 0.25) is 0 Å². The van der Waals surface area contributed by atoms with Crippen LogP contribution in [0.25, 0.3) is 0 Å². The number of hydrogen-bond donors (Lipinski definition) is 2. The molecule has 0 radical (unpaired) electrons. The van der Waals surface area contributed by atoms with Gasteiger partial charge in [-0.05, 0) is 24.3 Å². The topological polar surface area (TPSA) is 108 Å². The van der Waals surface area contributed by atoms with Gasteiger partial charge in [0.1, 0.15) is 18.2 Å². The van der Waals surface area contributed by atoms with E-state index in [4.69, 9.17) is 10.00 Å². The lowest BCUT2D eigenvalue weighted by atomic mass is 10.2. The van der Waals surface area contributed by atoms with Crippen LogP contribution >= 0.6 is 0 Å². The van der Waals surface area contributed by atoms with E-state index in [-0.39, 0.29) is 6.42 Å². The molecule has 0 saturated heterocycles. The number of esters is 1. The number of nitrogens with zero attached hydrogens (tertiary/aromatic N) is 3. The summed E-state index contributed by atoms with van der Waals surface area (Å²) in [4.78, 5) is 19.5. The molecule has 2 N–H and O–H groups in total. The van der Waals surface area contributed by atoms with E-state index in [1.807, 2.05) is 6.07 Å². The first-order chi connectivity index (χ1) is 11.1. The molecule has 0 saturated carbocycles. The van der Waals surface area contributed by atoms with E-state index in [1.54, 1.807) is 24.3 Å². The van der Waals surface area contributed by atoms with Gasteiger partial charge in [-0.25, -0.2) is 9.97 Å². The minimum Gasteiger partial charge on any atom is -0.456 e. The predicted octanol–water partition coefficient (Wildman–Crippen LogP) is 2.13. The summed E-state index contributed by atoms with van der Waals surface area (Å²) in [6.07, 6.45) is 0.244. The third-order valence-electron chi connectivity index (χ3n) is 3.58. The van der Waals surface area contributed by atoms with Crippen molar-refractivity contribution < 1.29 is 14.6 Å². The fourth-order valence-electron chi connectivity index (χ4n) is 2.60. The fraction of sp³-hybridized carbons (Fsp3) is 0.250. The van der Waals surface area contributed by atoms with Gasteiger partial charge in [0, 0.05) is 24.6 Å². The van der Waals surface area contributed by atoms with Gasteiger partial charge >= 0.3 is 5.97 Å². The number of ether oxygens (including phenoxy) is 1. The molecule has 7 heteroatoms. The monoisotopic (exact) mass is 310 g/mol. The molecule has 1 aromatic heterocycles. The number of carbonyl (C=O) groups excluding carboxylic acids is 1. The van der Waals surface area contributed by atoms with Gasteiger partial charge in [-0.15, -0.1) is 0 Å². The summed E-state index contributed by atoms with van der Waals surface area (Å²) in [5.74, 6) is 0.0390. The summed E-state index contributed by atoms with van der Waals surface area (Å²) in [5, 5.41) is 22.2. The first-order valence-corrected chi connectivity index (χ1v) is 7.05. The fourth-order valence-corrected chi connectivity index (χ4v) is 2.60. The van der Waals surface area contributed by atoms with Gasteiger partial charge in [-0.3, -0.25) is 4.79 Å². The van der Waals surface area contributed by atoms with Crippen molar-refractivity contribution in [2.45, 2.75) is 25.6 Å². The van der Waals surface area contributed by atoms with E-state index in [9.17, 15) is 9.90 Å². The maximum Gasteiger partial charge on any atom is 0.303 e. The van der Waals surface area contributed by atoms with Gasteiger partial charge in [0.15, 0.2) is 0 Å². The maximum atomic E-state index is 11.2. The smallest absolute Gasteiger partial charge is 0.303 e. The van der Waals surface area contributed by atoms with Gasteiger partial charge in [0.05, 0.1) is 23.4 Å². The van der Waals surface area contributed by atoms with E-state index in [0.29, 0.717) is 22.6 Å². The maximum absolute atomic E-state index is 11.2. The third-order valence-corrected chi connectivity index (χ3v) is 3.58. The van der Waals surface area contributed by atoms with Crippen molar-refractivity contribution in [1.29, 1.82) is 5.26 Å². The van der Waals surface area contributed by atoms with Crippen molar-refractivity contribution in [3.8, 4) is 6.07 Å². The summed E-state index contributed by atoms with van der Waals surface area (Å²) in [6, 6.07) is 8.91. The Labute approximate surface area is 132 Å². The van der Waals surface area contributed by atoms with E-state index < -0.39 is 18.2 Å². The van der Waals surface area contributed by atoms with Crippen molar-refractivity contribution >= 4 is 17.5 Å². The summed E-state index contributed by atoms with van der Waals surface area (Å²) in [5.41, 5.74) is 2.33. The lowest BCUT2D eigenvalue weighted by Crippen LogP contribution is -2.07. The van der Waals surface area contributed by atoms with E-state index >= 15 is 0 Å². The average Bonchev–Trinajstić information content (AvgIpc) is 2.85. The number of nitrogens with one attached hydrogen (secondary N) is 1. The number of carbonyl (C=O) groups is 1. The van der Waals surface area contributed by atoms with Crippen LogP contribution in [0.15, 0.2) is 30.6 Å². The Hall–Kier alpha value is -2.98. The molecule has 2 aromatic rings. The highest BCUT2D eigenvalue weighted by Gasteiger charge is 2.36. The Morgan fingerprint density at radius 3 is 2.78 bits per heavy atom. The zero-order valence-electron chi connectivity index (χ0n) is 12.4. The molecule has 1 aromatic carbocycles. The lowest BCUT2D eigenvalue weighted by Gasteiger charge is -2.12. The summed E-state index contributed by atoms with van der Waals surface area (Å²) in [6.45, 7) is 1.32. The second-order valence-corrected chi connectivity index (χ2v) is 5.18. The molecule has 1 aliphatic carbocycles. The minimum absolute atomic E-state index is 0.260. The van der Waals surface area contributed by atoms with Crippen molar-refractivity contribution in [2.24, 2.45) is 0 Å². The first kappa shape index (κ1) is 14.9. The molecule has 0 fully saturated rings. The number of benzene rings is 1. The molecule has 0 amide bonds. The van der Waals surface area contributed by atoms with E-state index in [1.165, 1.54) is 13.3 Å². The van der Waals surface area contributed by atoms with E-state index in [2.05, 4.69) is 15.3 Å². The molecule has 23 heavy (non-hydrogen) atoms. The van der Waals surface area contributed by atoms with Crippen LogP contribution in [0.2, 0.25) is 0 Å². The van der Waals surface area contributed by atoms with Crippen LogP contribution in [0, 0.1) is 11.3 Å². The SMILES string of the molecule is CC(=O)OC1CC(O)c2c(Nc3ccc(C#N)cc3)ncnc21. The Morgan fingerprint density at radius 2 is 2.13 bits per heavy atom. The minimum atomic E-state index is -0.809. The van der Waals surface area contributed by atoms with Crippen molar-refractivity contribution in [3.05, 3.63) is 47.4 Å². The second-order valence-electron chi connectivity index (χ2n) is 5.18. The number of hydrogen-bond acceptors (Lipinski definition) is 7. The van der Waals surface area contributed by atoms with Crippen LogP contribution in [-0.4, -0.2) is 21.0 Å². The largest absolute Gasteiger partial charge is 0.456 e. The Bertz CT molecular complexity index is 783. The average molecular weight is 310 g/mol. The van der Waals surface area contributed by atoms with Crippen LogP contribution in [0.4, 0.5) is 11.5 Å². The highest BCUT2D eigenvalue weighted by molar-refractivity contribution is 5.67. The summed E-state index contributed by atoms with van der Waals surface area (Å²) >= 11 is 0. The summed E-state index contributed by atoms with van der Waals surface area (Å²) < 4.78 is 5.19. The van der Waals surface area contributed by atoms with Crippen molar-refractivity contribution in [2.75, 3.05) is 5.32 Å². The van der Waals surface area contributed by atoms with Gasteiger partial charge in [-0.1, -0.05) is 0 Å². The number of aliphatic hydroxyl groups excluding tert-OH is 1. The molecule has 116 valence electrons. The first-order valence-electron chi connectivity index (χ1n) is 7.05. The highest BCUT2D eigenvalue weighted by Crippen LogP contribution is 2.43. The molecule has 0 bridgehead atoms. The number of aliphatic hydroxyl groups is 1. The molecule has 2 atom stereocenters. The second kappa shape index (κ2) is 6.02. The Kier molecular flexibility index (Phi) is 3.91. The van der Waals surface area contributed by atoms with Crippen LogP contribution in [-0.2, 0) is 9.53 Å². The molecular formula is C16H14N4O3. The quantitative estimate of drug-likeness (QED) is 0.836. The van der Waals surface area contributed by atoms with Crippen LogP contribution in [0.5, 0.6) is 0 Å². The molecule has 1 heterocycles. The molecule has 2 unspecified atom stereocenters. The number of anilines is 2. The zero-order valence-corrected chi connectivity index (χ0v) is 12.4. The molecule has 3 rings (SSSR count). The number of rotatable bonds is 3. The molecule has 1 aliphatic rings. The van der Waals surface area contributed by atoms with Crippen molar-refractivity contribution in [3.63, 3.8) is 0 Å². The predicted molar refractivity (Wildman–Crippen MR) is 80.6 cm³/mol. The molecular weight excluding hydrogens is 296 g/mol. The molecule has 0 spiro atoms. The lowest BCUT2D eigenvalue weighted by molar-refractivity contribution is -0.147. The highest BCUT2D eigenvalue weighted by atomic mass is 16.5. The van der Waals surface area contributed by atoms with Gasteiger partial charge in [-0.2, -0.15) is 5.26 Å². The van der Waals surface area contributed by atoms with Crippen LogP contribution in [0.3, 0.4) is 0 Å². The third kappa shape index (κ3) is 2.98. The molecule has 7 nitrogen and oxygen atoms in total. The normalized spacial score (nSPS) is 18.8. The van der Waals surface area contributed by atoms with Gasteiger partial charge < -0.3 is 15.2 Å². The Balaban J connectivity index is 1.91. The Morgan fingerprint density at radius 1 is 1.39 bits per heavy atom. The van der Waals surface area contributed by atoms with Gasteiger partial charge in [0.25, 0.3) is 0 Å². The summed E-state index contributed by atoms with van der Waals surface area (Å²) in [7, 11) is 0. The zero-order chi connectivity index (χ0) is 16.4. The molecule has 0 aliphatic heterocycles. The number of fused-ring (bicyclic) bond motifs is 1. The van der Waals surface area contributed by atoms with Crippen LogP contribution < -0.4 is 5.32 Å². The number of nitriles is 1.